The lowest BCUT2D eigenvalue weighted by Gasteiger charge is -2.04. The van der Waals surface area contributed by atoms with Crippen molar-refractivity contribution in [1.29, 1.82) is 0 Å². The highest BCUT2D eigenvalue weighted by Gasteiger charge is 1.98. The molecule has 1 amide bonds. The number of hydrogen-bond acceptors (Lipinski definition) is 2. The zero-order chi connectivity index (χ0) is 10.2. The number of carbonyl (C=O) groups is 1. The average molecular weight is 192 g/mol. The Balaban J connectivity index is 2.19. The minimum atomic E-state index is -0.400. The third-order valence-electron chi connectivity index (χ3n) is 1.73. The third-order valence-corrected chi connectivity index (χ3v) is 1.73. The van der Waals surface area contributed by atoms with Crippen LogP contribution in [0.4, 0.5) is 4.79 Å². The Morgan fingerprint density at radius 3 is 2.79 bits per heavy atom. The Bertz CT molecular complexity index is 272. The van der Waals surface area contributed by atoms with Crippen molar-refractivity contribution in [2.24, 2.45) is 0 Å². The van der Waals surface area contributed by atoms with Crippen LogP contribution in [0.15, 0.2) is 30.3 Å². The molecular formula is C11H14NO2. The van der Waals surface area contributed by atoms with Crippen molar-refractivity contribution in [1.82, 2.24) is 5.32 Å². The average Bonchev–Trinajstić information content (AvgIpc) is 2.20. The molecule has 0 aliphatic carbocycles. The number of rotatable bonds is 4. The Hall–Kier alpha value is -1.51. The summed E-state index contributed by atoms with van der Waals surface area (Å²) >= 11 is 0. The predicted molar refractivity (Wildman–Crippen MR) is 54.6 cm³/mol. The second-order valence-electron chi connectivity index (χ2n) is 2.80. The Morgan fingerprint density at radius 2 is 2.14 bits per heavy atom. The van der Waals surface area contributed by atoms with Crippen LogP contribution < -0.4 is 5.32 Å². The fourth-order valence-corrected chi connectivity index (χ4v) is 1.07. The van der Waals surface area contributed by atoms with E-state index in [4.69, 9.17) is 4.74 Å². The Labute approximate surface area is 84.1 Å². The number of carbonyl (C=O) groups excluding carboxylic acids is 1. The molecule has 0 aliphatic rings. The first kappa shape index (κ1) is 10.6. The molecule has 0 bridgehead atoms. The molecule has 1 radical (unpaired) electrons. The van der Waals surface area contributed by atoms with E-state index in [0.29, 0.717) is 6.61 Å². The fourth-order valence-electron chi connectivity index (χ4n) is 1.07. The molecule has 1 aromatic carbocycles. The monoisotopic (exact) mass is 192 g/mol. The molecule has 75 valence electrons. The SMILES string of the molecule is C[CH]NC(=O)OCCc1ccccc1. The third kappa shape index (κ3) is 3.94. The summed E-state index contributed by atoms with van der Waals surface area (Å²) in [7, 11) is 0. The van der Waals surface area contributed by atoms with Gasteiger partial charge in [0.2, 0.25) is 0 Å². The topological polar surface area (TPSA) is 38.3 Å². The van der Waals surface area contributed by atoms with Gasteiger partial charge in [0.05, 0.1) is 6.61 Å². The van der Waals surface area contributed by atoms with Gasteiger partial charge < -0.3 is 10.1 Å². The van der Waals surface area contributed by atoms with Crippen LogP contribution in [-0.2, 0) is 11.2 Å². The summed E-state index contributed by atoms with van der Waals surface area (Å²) < 4.78 is 4.91. The maximum absolute atomic E-state index is 10.9. The first-order valence-electron chi connectivity index (χ1n) is 4.58. The standard InChI is InChI=1S/C11H14NO2/c1-2-12-11(13)14-9-8-10-6-4-3-5-7-10/h2-7H,8-9H2,1H3,(H,12,13). The summed E-state index contributed by atoms with van der Waals surface area (Å²) in [6.07, 6.45) is 0.348. The summed E-state index contributed by atoms with van der Waals surface area (Å²) in [5, 5.41) is 2.45. The van der Waals surface area contributed by atoms with Crippen LogP contribution in [0.25, 0.3) is 0 Å². The van der Waals surface area contributed by atoms with Gasteiger partial charge in [-0.1, -0.05) is 30.3 Å². The lowest BCUT2D eigenvalue weighted by molar-refractivity contribution is 0.150. The second kappa shape index (κ2) is 6.02. The first-order chi connectivity index (χ1) is 6.83. The summed E-state index contributed by atoms with van der Waals surface area (Å²) in [6, 6.07) is 9.91. The summed E-state index contributed by atoms with van der Waals surface area (Å²) in [5.41, 5.74) is 1.17. The van der Waals surface area contributed by atoms with E-state index in [2.05, 4.69) is 5.32 Å². The zero-order valence-corrected chi connectivity index (χ0v) is 8.19. The lowest BCUT2D eigenvalue weighted by Crippen LogP contribution is -2.21. The van der Waals surface area contributed by atoms with Gasteiger partial charge in [0.15, 0.2) is 0 Å². The van der Waals surface area contributed by atoms with Gasteiger partial charge in [-0.3, -0.25) is 0 Å². The highest BCUT2D eigenvalue weighted by atomic mass is 16.5. The van der Waals surface area contributed by atoms with Crippen molar-refractivity contribution in [3.8, 4) is 0 Å². The second-order valence-corrected chi connectivity index (χ2v) is 2.80. The molecule has 0 aromatic heterocycles. The first-order valence-corrected chi connectivity index (χ1v) is 4.58. The van der Waals surface area contributed by atoms with Gasteiger partial charge in [-0.15, -0.1) is 0 Å². The molecular weight excluding hydrogens is 178 g/mol. The van der Waals surface area contributed by atoms with Crippen molar-refractivity contribution in [3.05, 3.63) is 42.4 Å². The summed E-state index contributed by atoms with van der Waals surface area (Å²) in [5.74, 6) is 0. The highest BCUT2D eigenvalue weighted by molar-refractivity contribution is 5.67. The largest absolute Gasteiger partial charge is 0.449 e. The molecule has 0 aliphatic heterocycles. The van der Waals surface area contributed by atoms with Gasteiger partial charge in [-0.2, -0.15) is 0 Å². The Morgan fingerprint density at radius 1 is 1.43 bits per heavy atom. The number of alkyl carbamates (subject to hydrolysis) is 1. The van der Waals surface area contributed by atoms with E-state index in [-0.39, 0.29) is 0 Å². The van der Waals surface area contributed by atoms with Crippen LogP contribution in [0.2, 0.25) is 0 Å². The van der Waals surface area contributed by atoms with Crippen LogP contribution in [-0.4, -0.2) is 12.7 Å². The molecule has 0 saturated heterocycles. The predicted octanol–water partition coefficient (Wildman–Crippen LogP) is 2.14. The molecule has 0 saturated carbocycles. The fraction of sp³-hybridized carbons (Fsp3) is 0.273. The lowest BCUT2D eigenvalue weighted by atomic mass is 10.2. The summed E-state index contributed by atoms with van der Waals surface area (Å²) in [6.45, 7) is 3.69. The number of amides is 1. The number of hydrogen-bond donors (Lipinski definition) is 1. The highest BCUT2D eigenvalue weighted by Crippen LogP contribution is 1.99. The minimum absolute atomic E-state index is 0.400. The van der Waals surface area contributed by atoms with Crippen LogP contribution in [0.3, 0.4) is 0 Å². The quantitative estimate of drug-likeness (QED) is 0.793. The number of ether oxygens (including phenoxy) is 1. The molecule has 1 rings (SSSR count). The van der Waals surface area contributed by atoms with Crippen LogP contribution >= 0.6 is 0 Å². The van der Waals surface area contributed by atoms with E-state index in [1.807, 2.05) is 30.3 Å². The van der Waals surface area contributed by atoms with Crippen LogP contribution in [0.5, 0.6) is 0 Å². The molecule has 1 N–H and O–H groups in total. The van der Waals surface area contributed by atoms with Gasteiger partial charge >= 0.3 is 6.09 Å². The van der Waals surface area contributed by atoms with Crippen LogP contribution in [0.1, 0.15) is 12.5 Å². The van der Waals surface area contributed by atoms with Gasteiger partial charge in [-0.25, -0.2) is 4.79 Å². The molecule has 0 unspecified atom stereocenters. The summed E-state index contributed by atoms with van der Waals surface area (Å²) in [4.78, 5) is 10.9. The van der Waals surface area contributed by atoms with Gasteiger partial charge in [0.25, 0.3) is 0 Å². The number of nitrogens with one attached hydrogen (secondary N) is 1. The van der Waals surface area contributed by atoms with Crippen molar-refractivity contribution in [2.75, 3.05) is 6.61 Å². The molecule has 3 nitrogen and oxygen atoms in total. The smallest absolute Gasteiger partial charge is 0.407 e. The maximum Gasteiger partial charge on any atom is 0.407 e. The van der Waals surface area contributed by atoms with Crippen molar-refractivity contribution >= 4 is 6.09 Å². The molecule has 0 heterocycles. The van der Waals surface area contributed by atoms with Gasteiger partial charge in [0.1, 0.15) is 0 Å². The van der Waals surface area contributed by atoms with E-state index in [9.17, 15) is 4.79 Å². The van der Waals surface area contributed by atoms with Gasteiger partial charge in [-0.05, 0) is 12.5 Å². The minimum Gasteiger partial charge on any atom is -0.449 e. The molecule has 1 aromatic rings. The number of benzene rings is 1. The maximum atomic E-state index is 10.9. The van der Waals surface area contributed by atoms with Crippen molar-refractivity contribution in [3.63, 3.8) is 0 Å². The Kier molecular flexibility index (Phi) is 4.55. The van der Waals surface area contributed by atoms with E-state index >= 15 is 0 Å². The van der Waals surface area contributed by atoms with E-state index in [0.717, 1.165) is 6.42 Å². The molecule has 3 heteroatoms. The van der Waals surface area contributed by atoms with E-state index < -0.39 is 6.09 Å². The van der Waals surface area contributed by atoms with Gasteiger partial charge in [0, 0.05) is 13.0 Å². The van der Waals surface area contributed by atoms with Crippen LogP contribution in [0, 0.1) is 6.54 Å². The molecule has 14 heavy (non-hydrogen) atoms. The van der Waals surface area contributed by atoms with Crippen molar-refractivity contribution < 1.29 is 9.53 Å². The van der Waals surface area contributed by atoms with Crippen molar-refractivity contribution in [2.45, 2.75) is 13.3 Å². The molecule has 0 spiro atoms. The molecule has 0 atom stereocenters. The zero-order valence-electron chi connectivity index (χ0n) is 8.19. The van der Waals surface area contributed by atoms with E-state index in [1.54, 1.807) is 13.5 Å². The normalized spacial score (nSPS) is 9.50. The van der Waals surface area contributed by atoms with E-state index in [1.165, 1.54) is 5.56 Å². The molecule has 0 fully saturated rings.